The number of sulfonamides is 1. The quantitative estimate of drug-likeness (QED) is 0.580. The molecule has 0 amide bonds. The summed E-state index contributed by atoms with van der Waals surface area (Å²) < 4.78 is 36.4. The van der Waals surface area contributed by atoms with E-state index in [9.17, 15) is 13.2 Å². The number of nitrogens with one attached hydrogen (secondary N) is 1. The van der Waals surface area contributed by atoms with Crippen molar-refractivity contribution in [3.05, 3.63) is 75.7 Å². The fraction of sp³-hybridized carbons (Fsp3) is 0.348. The number of ether oxygens (including phenoxy) is 1. The van der Waals surface area contributed by atoms with Gasteiger partial charge in [0.1, 0.15) is 5.75 Å². The maximum Gasteiger partial charge on any atom is 0.275 e. The van der Waals surface area contributed by atoms with Crippen LogP contribution in [0, 0.1) is 6.92 Å². The van der Waals surface area contributed by atoms with Crippen LogP contribution >= 0.6 is 0 Å². The van der Waals surface area contributed by atoms with Gasteiger partial charge in [-0.2, -0.15) is 0 Å². The van der Waals surface area contributed by atoms with Crippen LogP contribution < -0.4 is 15.0 Å². The highest BCUT2D eigenvalue weighted by Gasteiger charge is 2.19. The normalized spacial score (nSPS) is 11.8. The minimum absolute atomic E-state index is 0.0803. The maximum absolute atomic E-state index is 12.9. The Hall–Kier alpha value is -2.84. The van der Waals surface area contributed by atoms with Crippen molar-refractivity contribution in [3.63, 3.8) is 0 Å². The van der Waals surface area contributed by atoms with Crippen molar-refractivity contribution in [3.8, 4) is 11.4 Å². The van der Waals surface area contributed by atoms with E-state index in [1.165, 1.54) is 12.1 Å². The fourth-order valence-electron chi connectivity index (χ4n) is 3.66. The average molecular weight is 444 g/mol. The summed E-state index contributed by atoms with van der Waals surface area (Å²) in [4.78, 5) is 13.0. The predicted molar refractivity (Wildman–Crippen MR) is 122 cm³/mol. The molecule has 0 saturated heterocycles. The van der Waals surface area contributed by atoms with Gasteiger partial charge in [0.2, 0.25) is 10.0 Å². The molecule has 1 N–H and O–H groups in total. The molecule has 3 rings (SSSR count). The second-order valence-electron chi connectivity index (χ2n) is 7.78. The number of hydrogen-bond acceptors (Lipinski definition) is 4. The third kappa shape index (κ3) is 4.75. The van der Waals surface area contributed by atoms with Crippen molar-refractivity contribution in [2.75, 3.05) is 13.7 Å². The lowest BCUT2D eigenvalue weighted by atomic mass is 10.0. The summed E-state index contributed by atoms with van der Waals surface area (Å²) in [6.45, 7) is 6.17. The van der Waals surface area contributed by atoms with Gasteiger partial charge in [0.25, 0.3) is 5.56 Å². The van der Waals surface area contributed by atoms with Crippen molar-refractivity contribution in [2.24, 2.45) is 7.05 Å². The van der Waals surface area contributed by atoms with Crippen LogP contribution in [0.2, 0.25) is 0 Å². The summed E-state index contributed by atoms with van der Waals surface area (Å²) in [7, 11) is -0.216. The monoisotopic (exact) mass is 443 g/mol. The highest BCUT2D eigenvalue weighted by atomic mass is 32.2. The predicted octanol–water partition coefficient (Wildman–Crippen LogP) is 3.14. The van der Waals surface area contributed by atoms with Crippen LogP contribution in [0.4, 0.5) is 0 Å². The first-order valence-electron chi connectivity index (χ1n) is 10.2. The summed E-state index contributed by atoms with van der Waals surface area (Å²) in [6, 6.07) is 13.9. The zero-order valence-electron chi connectivity index (χ0n) is 18.5. The molecule has 166 valence electrons. The number of rotatable bonds is 8. The molecule has 0 aliphatic carbocycles. The molecule has 0 radical (unpaired) electrons. The minimum atomic E-state index is -3.65. The molecule has 0 bridgehead atoms. The molecule has 1 heterocycles. The van der Waals surface area contributed by atoms with Gasteiger partial charge in [-0.05, 0) is 61.2 Å². The molecule has 31 heavy (non-hydrogen) atoms. The molecule has 8 heteroatoms. The molecule has 0 saturated carbocycles. The zero-order chi connectivity index (χ0) is 22.8. The van der Waals surface area contributed by atoms with Gasteiger partial charge in [0.15, 0.2) is 0 Å². The topological polar surface area (TPSA) is 82.3 Å². The second kappa shape index (κ2) is 9.11. The first kappa shape index (κ1) is 22.8. The van der Waals surface area contributed by atoms with Crippen LogP contribution in [0.15, 0.2) is 58.2 Å². The molecule has 3 aromatic rings. The van der Waals surface area contributed by atoms with Gasteiger partial charge in [-0.3, -0.25) is 9.48 Å². The van der Waals surface area contributed by atoms with E-state index < -0.39 is 10.0 Å². The van der Waals surface area contributed by atoms with Crippen LogP contribution in [0.3, 0.4) is 0 Å². The molecule has 0 atom stereocenters. The van der Waals surface area contributed by atoms with E-state index in [0.717, 1.165) is 22.6 Å². The Morgan fingerprint density at radius 1 is 1.03 bits per heavy atom. The van der Waals surface area contributed by atoms with Gasteiger partial charge in [0, 0.05) is 24.8 Å². The Balaban J connectivity index is 1.74. The third-order valence-electron chi connectivity index (χ3n) is 5.43. The molecule has 0 aliphatic rings. The van der Waals surface area contributed by atoms with Crippen molar-refractivity contribution in [2.45, 2.75) is 38.0 Å². The van der Waals surface area contributed by atoms with E-state index in [1.807, 2.05) is 52.1 Å². The molecule has 1 aromatic heterocycles. The highest BCUT2D eigenvalue weighted by Crippen LogP contribution is 2.19. The first-order valence-corrected chi connectivity index (χ1v) is 11.7. The fourth-order valence-corrected chi connectivity index (χ4v) is 4.69. The standard InChI is InChI=1S/C23H29N3O4S/c1-16(2)22-17(3)25(4)26(23(22)27)19-8-12-21(13-9-19)31(28,29)24-15-14-18-6-10-20(30-5)11-7-18/h6-13,16,24H,14-15H2,1-5H3. The van der Waals surface area contributed by atoms with Gasteiger partial charge in [-0.15, -0.1) is 0 Å². The summed E-state index contributed by atoms with van der Waals surface area (Å²) in [5.74, 6) is 0.868. The average Bonchev–Trinajstić information content (AvgIpc) is 2.97. The van der Waals surface area contributed by atoms with Crippen LogP contribution in [0.25, 0.3) is 5.69 Å². The van der Waals surface area contributed by atoms with Crippen molar-refractivity contribution in [1.82, 2.24) is 14.1 Å². The van der Waals surface area contributed by atoms with Gasteiger partial charge in [-0.1, -0.05) is 26.0 Å². The van der Waals surface area contributed by atoms with E-state index >= 15 is 0 Å². The first-order chi connectivity index (χ1) is 14.7. The third-order valence-corrected chi connectivity index (χ3v) is 6.91. The van der Waals surface area contributed by atoms with Gasteiger partial charge < -0.3 is 4.74 Å². The minimum Gasteiger partial charge on any atom is -0.497 e. The molecule has 0 spiro atoms. The summed E-state index contributed by atoms with van der Waals surface area (Å²) in [5, 5.41) is 0. The summed E-state index contributed by atoms with van der Waals surface area (Å²) in [6.07, 6.45) is 0.567. The number of hydrogen-bond donors (Lipinski definition) is 1. The molecule has 0 fully saturated rings. The van der Waals surface area contributed by atoms with E-state index in [2.05, 4.69) is 4.72 Å². The number of benzene rings is 2. The largest absolute Gasteiger partial charge is 0.497 e. The smallest absolute Gasteiger partial charge is 0.275 e. The zero-order valence-corrected chi connectivity index (χ0v) is 19.4. The van der Waals surface area contributed by atoms with Crippen molar-refractivity contribution < 1.29 is 13.2 Å². The maximum atomic E-state index is 12.9. The molecule has 2 aromatic carbocycles. The van der Waals surface area contributed by atoms with Crippen LogP contribution in [-0.2, 0) is 23.5 Å². The van der Waals surface area contributed by atoms with Crippen molar-refractivity contribution >= 4 is 10.0 Å². The van der Waals surface area contributed by atoms with Gasteiger partial charge in [0.05, 0.1) is 17.7 Å². The van der Waals surface area contributed by atoms with Crippen LogP contribution in [0.5, 0.6) is 5.75 Å². The Morgan fingerprint density at radius 3 is 2.16 bits per heavy atom. The molecule has 0 unspecified atom stereocenters. The van der Waals surface area contributed by atoms with Crippen molar-refractivity contribution in [1.29, 1.82) is 0 Å². The Bertz CT molecular complexity index is 1210. The van der Waals surface area contributed by atoms with E-state index in [1.54, 1.807) is 28.6 Å². The molecular weight excluding hydrogens is 414 g/mol. The van der Waals surface area contributed by atoms with Gasteiger partial charge in [-0.25, -0.2) is 17.8 Å². The molecule has 0 aliphatic heterocycles. The Morgan fingerprint density at radius 2 is 1.65 bits per heavy atom. The van der Waals surface area contributed by atoms with Crippen LogP contribution in [-0.4, -0.2) is 31.4 Å². The van der Waals surface area contributed by atoms with Crippen LogP contribution in [0.1, 0.15) is 36.6 Å². The summed E-state index contributed by atoms with van der Waals surface area (Å²) in [5.41, 5.74) is 3.22. The molecular formula is C23H29N3O4S. The van der Waals surface area contributed by atoms with Gasteiger partial charge >= 0.3 is 0 Å². The lowest BCUT2D eigenvalue weighted by Crippen LogP contribution is -2.26. The number of aromatic nitrogens is 2. The summed E-state index contributed by atoms with van der Waals surface area (Å²) >= 11 is 0. The second-order valence-corrected chi connectivity index (χ2v) is 9.55. The van der Waals surface area contributed by atoms with E-state index in [-0.39, 0.29) is 22.9 Å². The lowest BCUT2D eigenvalue weighted by molar-refractivity contribution is 0.414. The van der Waals surface area contributed by atoms with E-state index in [4.69, 9.17) is 4.74 Å². The number of nitrogens with zero attached hydrogens (tertiary/aromatic N) is 2. The SMILES string of the molecule is COc1ccc(CCNS(=O)(=O)c2ccc(-n3c(=O)c(C(C)C)c(C)n3C)cc2)cc1. The van der Waals surface area contributed by atoms with E-state index in [0.29, 0.717) is 12.1 Å². The Labute approximate surface area is 183 Å². The molecule has 7 nitrogen and oxygen atoms in total. The lowest BCUT2D eigenvalue weighted by Gasteiger charge is -2.10. The Kier molecular flexibility index (Phi) is 6.71. The number of methoxy groups -OCH3 is 1. The highest BCUT2D eigenvalue weighted by molar-refractivity contribution is 7.89.